The number of anilines is 1. The number of methoxy groups -OCH3 is 1. The Morgan fingerprint density at radius 1 is 1.13 bits per heavy atom. The number of nitrogens with zero attached hydrogens (tertiary/aromatic N) is 4. The lowest BCUT2D eigenvalue weighted by atomic mass is 9.98. The van der Waals surface area contributed by atoms with E-state index in [0.717, 1.165) is 86.4 Å². The standard InChI is InChI=1S/C35H39N7O3/c1-20(31-21(2)41-45-22(31)3)19-30-28(15-18-44-6)32-33(36-23(4)37-34(32)39-30)27-11-12-29(26-10-8-7-9-25(26)27)40-35(43)38-24-13-16-42(5)17-14-24/h7-12,15,19,24H,1,13-14,16-18H2,2-6H3,(H,36,37,39)(H2,38,40,43)/b28-15+,30-19+. The number of hydrogen-bond donors (Lipinski definition) is 3. The lowest BCUT2D eigenvalue weighted by Gasteiger charge is -2.29. The number of piperidine rings is 1. The van der Waals surface area contributed by atoms with E-state index < -0.39 is 0 Å². The molecule has 0 spiro atoms. The van der Waals surface area contributed by atoms with E-state index in [0.29, 0.717) is 23.8 Å². The van der Waals surface area contributed by atoms with E-state index >= 15 is 0 Å². The molecule has 0 atom stereocenters. The summed E-state index contributed by atoms with van der Waals surface area (Å²) in [5.74, 6) is 1.35. The van der Waals surface area contributed by atoms with Gasteiger partial charge in [0.05, 0.1) is 29.1 Å². The number of allylic oxidation sites excluding steroid dienone is 1. The Balaban J connectivity index is 1.46. The number of rotatable bonds is 7. The SMILES string of the molecule is C=C(/C=c1/[nH]c2nc(C)nc(-c3ccc(NC(=O)NC4CCN(C)CC4)c4ccccc34)c2/c1=C/COC)c1c(C)noc1C. The maximum Gasteiger partial charge on any atom is 0.319 e. The molecule has 45 heavy (non-hydrogen) atoms. The summed E-state index contributed by atoms with van der Waals surface area (Å²) in [6.45, 7) is 12.3. The lowest BCUT2D eigenvalue weighted by Crippen LogP contribution is -2.44. The third kappa shape index (κ3) is 6.11. The summed E-state index contributed by atoms with van der Waals surface area (Å²) in [7, 11) is 3.78. The van der Waals surface area contributed by atoms with Gasteiger partial charge in [-0.05, 0) is 82.9 Å². The van der Waals surface area contributed by atoms with Gasteiger partial charge in [0.1, 0.15) is 17.2 Å². The number of aromatic amines is 1. The molecule has 0 unspecified atom stereocenters. The maximum atomic E-state index is 13.0. The van der Waals surface area contributed by atoms with Gasteiger partial charge in [0, 0.05) is 40.2 Å². The van der Waals surface area contributed by atoms with Crippen molar-refractivity contribution in [1.82, 2.24) is 30.3 Å². The van der Waals surface area contributed by atoms with Gasteiger partial charge in [-0.15, -0.1) is 0 Å². The first-order valence-electron chi connectivity index (χ1n) is 15.2. The van der Waals surface area contributed by atoms with Gasteiger partial charge in [0.25, 0.3) is 0 Å². The minimum atomic E-state index is -0.191. The van der Waals surface area contributed by atoms with Crippen molar-refractivity contribution in [2.75, 3.05) is 39.2 Å². The molecule has 1 aliphatic rings. The van der Waals surface area contributed by atoms with Crippen LogP contribution >= 0.6 is 0 Å². The van der Waals surface area contributed by atoms with Crippen molar-refractivity contribution in [3.05, 3.63) is 76.4 Å². The molecule has 0 bridgehead atoms. The molecule has 10 heteroatoms. The second-order valence-corrected chi connectivity index (χ2v) is 11.7. The minimum Gasteiger partial charge on any atom is -0.381 e. The zero-order chi connectivity index (χ0) is 31.7. The van der Waals surface area contributed by atoms with Gasteiger partial charge >= 0.3 is 6.03 Å². The molecule has 4 heterocycles. The van der Waals surface area contributed by atoms with Gasteiger partial charge < -0.3 is 29.8 Å². The van der Waals surface area contributed by atoms with Crippen LogP contribution in [-0.4, -0.2) is 70.9 Å². The normalized spacial score (nSPS) is 15.3. The van der Waals surface area contributed by atoms with Crippen LogP contribution in [0.5, 0.6) is 0 Å². The van der Waals surface area contributed by atoms with Crippen molar-refractivity contribution in [2.24, 2.45) is 0 Å². The van der Waals surface area contributed by atoms with E-state index in [4.69, 9.17) is 19.2 Å². The predicted molar refractivity (Wildman–Crippen MR) is 179 cm³/mol. The number of amides is 2. The molecule has 0 radical (unpaired) electrons. The van der Waals surface area contributed by atoms with Crippen molar-refractivity contribution in [3.8, 4) is 11.3 Å². The highest BCUT2D eigenvalue weighted by Crippen LogP contribution is 2.34. The quantitative estimate of drug-likeness (QED) is 0.243. The molecule has 2 amide bonds. The summed E-state index contributed by atoms with van der Waals surface area (Å²) in [5, 5.41) is 14.9. The molecule has 5 aromatic rings. The molecule has 3 aromatic heterocycles. The number of likely N-dealkylation sites (tertiary alicyclic amines) is 1. The van der Waals surface area contributed by atoms with Crippen LogP contribution in [0.15, 0.2) is 47.5 Å². The summed E-state index contributed by atoms with van der Waals surface area (Å²) in [4.78, 5) is 28.6. The Morgan fingerprint density at radius 2 is 1.89 bits per heavy atom. The second kappa shape index (κ2) is 12.7. The summed E-state index contributed by atoms with van der Waals surface area (Å²) < 4.78 is 10.9. The fraction of sp³-hybridized carbons (Fsp3) is 0.314. The first kappa shape index (κ1) is 30.2. The number of H-pyrrole nitrogens is 1. The molecular formula is C35H39N7O3. The topological polar surface area (TPSA) is 121 Å². The largest absolute Gasteiger partial charge is 0.381 e. The summed E-state index contributed by atoms with van der Waals surface area (Å²) in [6, 6.07) is 12.0. The van der Waals surface area contributed by atoms with E-state index in [-0.39, 0.29) is 12.1 Å². The third-order valence-electron chi connectivity index (χ3n) is 8.44. The molecule has 1 fully saturated rings. The highest BCUT2D eigenvalue weighted by Gasteiger charge is 2.20. The Kier molecular flexibility index (Phi) is 8.51. The van der Waals surface area contributed by atoms with Crippen LogP contribution in [0.3, 0.4) is 0 Å². The number of aromatic nitrogens is 4. The zero-order valence-corrected chi connectivity index (χ0v) is 26.5. The van der Waals surface area contributed by atoms with E-state index in [9.17, 15) is 4.79 Å². The molecule has 0 aliphatic carbocycles. The van der Waals surface area contributed by atoms with Crippen LogP contribution in [-0.2, 0) is 4.74 Å². The van der Waals surface area contributed by atoms with Gasteiger partial charge in [-0.3, -0.25) is 0 Å². The summed E-state index contributed by atoms with van der Waals surface area (Å²) in [6.07, 6.45) is 5.90. The van der Waals surface area contributed by atoms with E-state index in [1.165, 1.54) is 0 Å². The van der Waals surface area contributed by atoms with Crippen LogP contribution in [0.1, 0.15) is 35.7 Å². The Bertz CT molecular complexity index is 2010. The van der Waals surface area contributed by atoms with Crippen molar-refractivity contribution < 1.29 is 14.1 Å². The fourth-order valence-corrected chi connectivity index (χ4v) is 6.23. The highest BCUT2D eigenvalue weighted by molar-refractivity contribution is 6.09. The van der Waals surface area contributed by atoms with Crippen LogP contribution in [0.4, 0.5) is 10.5 Å². The third-order valence-corrected chi connectivity index (χ3v) is 8.44. The number of ether oxygens (including phenoxy) is 1. The number of fused-ring (bicyclic) bond motifs is 2. The molecule has 2 aromatic carbocycles. The average Bonchev–Trinajstić information content (AvgIpc) is 3.54. The fourth-order valence-electron chi connectivity index (χ4n) is 6.23. The smallest absolute Gasteiger partial charge is 0.319 e. The minimum absolute atomic E-state index is 0.166. The summed E-state index contributed by atoms with van der Waals surface area (Å²) in [5.41, 5.74) is 5.61. The van der Waals surface area contributed by atoms with Crippen molar-refractivity contribution in [2.45, 2.75) is 39.7 Å². The molecule has 232 valence electrons. The number of urea groups is 1. The van der Waals surface area contributed by atoms with Gasteiger partial charge in [-0.1, -0.05) is 42.1 Å². The van der Waals surface area contributed by atoms with Crippen molar-refractivity contribution in [1.29, 1.82) is 0 Å². The van der Waals surface area contributed by atoms with Crippen LogP contribution in [0.25, 0.3) is 50.8 Å². The zero-order valence-electron chi connectivity index (χ0n) is 26.5. The number of carbonyl (C=O) groups is 1. The predicted octanol–water partition coefficient (Wildman–Crippen LogP) is 4.83. The molecular weight excluding hydrogens is 566 g/mol. The average molecular weight is 606 g/mol. The molecule has 6 rings (SSSR count). The van der Waals surface area contributed by atoms with Crippen molar-refractivity contribution >= 4 is 51.2 Å². The second-order valence-electron chi connectivity index (χ2n) is 11.7. The molecule has 1 saturated heterocycles. The van der Waals surface area contributed by atoms with Crippen LogP contribution in [0, 0.1) is 20.8 Å². The first-order valence-corrected chi connectivity index (χ1v) is 15.2. The molecule has 1 aliphatic heterocycles. The van der Waals surface area contributed by atoms with Crippen LogP contribution in [0.2, 0.25) is 0 Å². The van der Waals surface area contributed by atoms with Gasteiger partial charge in [-0.25, -0.2) is 14.8 Å². The Morgan fingerprint density at radius 3 is 2.60 bits per heavy atom. The number of nitrogens with one attached hydrogen (secondary N) is 3. The van der Waals surface area contributed by atoms with E-state index in [1.807, 2.05) is 63.3 Å². The number of aryl methyl sites for hydroxylation is 3. The monoisotopic (exact) mass is 605 g/mol. The van der Waals surface area contributed by atoms with Crippen molar-refractivity contribution in [3.63, 3.8) is 0 Å². The van der Waals surface area contributed by atoms with Gasteiger partial charge in [-0.2, -0.15) is 0 Å². The number of benzene rings is 2. The Hall–Kier alpha value is -4.80. The number of hydrogen-bond acceptors (Lipinski definition) is 7. The highest BCUT2D eigenvalue weighted by atomic mass is 16.5. The molecule has 0 saturated carbocycles. The lowest BCUT2D eigenvalue weighted by molar-refractivity contribution is 0.221. The van der Waals surface area contributed by atoms with E-state index in [2.05, 4.69) is 45.4 Å². The van der Waals surface area contributed by atoms with Gasteiger partial charge in [0.2, 0.25) is 0 Å². The molecule has 10 nitrogen and oxygen atoms in total. The van der Waals surface area contributed by atoms with E-state index in [1.54, 1.807) is 7.11 Å². The maximum absolute atomic E-state index is 13.0. The Labute approximate surface area is 261 Å². The number of carbonyl (C=O) groups excluding carboxylic acids is 1. The molecule has 3 N–H and O–H groups in total. The summed E-state index contributed by atoms with van der Waals surface area (Å²) >= 11 is 0. The van der Waals surface area contributed by atoms with Crippen LogP contribution < -0.4 is 21.2 Å². The first-order chi connectivity index (χ1) is 21.7. The van der Waals surface area contributed by atoms with Gasteiger partial charge in [0.15, 0.2) is 0 Å².